The lowest BCUT2D eigenvalue weighted by atomic mass is 9.89. The molecule has 1 aromatic carbocycles. The molecule has 0 aliphatic heterocycles. The van der Waals surface area contributed by atoms with Crippen molar-refractivity contribution < 1.29 is 9.59 Å². The van der Waals surface area contributed by atoms with Gasteiger partial charge in [0.1, 0.15) is 4.83 Å². The molecule has 3 aromatic rings. The van der Waals surface area contributed by atoms with E-state index in [9.17, 15) is 14.4 Å². The Labute approximate surface area is 166 Å². The average molecular weight is 395 g/mol. The Kier molecular flexibility index (Phi) is 4.85. The van der Waals surface area contributed by atoms with E-state index >= 15 is 0 Å². The molecule has 28 heavy (non-hydrogen) atoms. The minimum Gasteiger partial charge on any atom is -0.326 e. The van der Waals surface area contributed by atoms with Gasteiger partial charge in [0, 0.05) is 23.1 Å². The van der Waals surface area contributed by atoms with Gasteiger partial charge in [0.25, 0.3) is 5.56 Å². The van der Waals surface area contributed by atoms with Gasteiger partial charge in [-0.05, 0) is 55.0 Å². The van der Waals surface area contributed by atoms with Crippen LogP contribution in [0.2, 0.25) is 0 Å². The maximum absolute atomic E-state index is 13.0. The van der Waals surface area contributed by atoms with E-state index in [0.29, 0.717) is 22.6 Å². The Hall–Kier alpha value is -2.80. The molecule has 0 saturated carbocycles. The second kappa shape index (κ2) is 7.31. The molecule has 4 rings (SSSR count). The fourth-order valence-electron chi connectivity index (χ4n) is 3.67. The molecular weight excluding hydrogens is 374 g/mol. The van der Waals surface area contributed by atoms with Crippen molar-refractivity contribution in [2.24, 2.45) is 5.92 Å². The molecule has 1 amide bonds. The number of rotatable bonds is 4. The number of anilines is 1. The third-order valence-electron chi connectivity index (χ3n) is 5.12. The van der Waals surface area contributed by atoms with Gasteiger partial charge in [0.2, 0.25) is 5.91 Å². The number of fused-ring (bicyclic) bond motifs is 3. The molecule has 7 heteroatoms. The summed E-state index contributed by atoms with van der Waals surface area (Å²) in [5.41, 5.74) is 2.10. The van der Waals surface area contributed by atoms with Crippen LogP contribution in [0.1, 0.15) is 41.1 Å². The summed E-state index contributed by atoms with van der Waals surface area (Å²) in [7, 11) is 0. The van der Waals surface area contributed by atoms with Crippen molar-refractivity contribution in [3.63, 3.8) is 0 Å². The van der Waals surface area contributed by atoms with Crippen molar-refractivity contribution in [1.29, 1.82) is 0 Å². The Morgan fingerprint density at radius 1 is 1.29 bits per heavy atom. The number of aromatic nitrogens is 2. The minimum absolute atomic E-state index is 0.0533. The standard InChI is InChI=1S/C21H21N3O3S/c1-12-3-8-16-18(9-12)28-20-19(16)21(27)24(11-22-20)10-17(26)14-4-6-15(7-5-14)23-13(2)25/h4-7,11-12H,3,8-10H2,1-2H3,(H,23,25). The third kappa shape index (κ3) is 3.49. The Morgan fingerprint density at radius 2 is 2.04 bits per heavy atom. The average Bonchev–Trinajstić information content (AvgIpc) is 3.02. The van der Waals surface area contributed by atoms with Crippen LogP contribution in [0.4, 0.5) is 5.69 Å². The van der Waals surface area contributed by atoms with Crippen LogP contribution in [-0.2, 0) is 24.2 Å². The summed E-state index contributed by atoms with van der Waals surface area (Å²) in [6, 6.07) is 6.65. The summed E-state index contributed by atoms with van der Waals surface area (Å²) in [5.74, 6) is 0.290. The van der Waals surface area contributed by atoms with Crippen LogP contribution in [0.25, 0.3) is 10.2 Å². The molecule has 1 unspecified atom stereocenters. The lowest BCUT2D eigenvalue weighted by Gasteiger charge is -2.17. The number of benzene rings is 1. The predicted molar refractivity (Wildman–Crippen MR) is 110 cm³/mol. The van der Waals surface area contributed by atoms with Crippen LogP contribution in [0, 0.1) is 5.92 Å². The molecular formula is C21H21N3O3S. The highest BCUT2D eigenvalue weighted by Crippen LogP contribution is 2.35. The van der Waals surface area contributed by atoms with Gasteiger partial charge in [0.15, 0.2) is 5.78 Å². The van der Waals surface area contributed by atoms with Crippen molar-refractivity contribution in [3.05, 3.63) is 57.0 Å². The molecule has 1 aliphatic rings. The van der Waals surface area contributed by atoms with E-state index in [1.54, 1.807) is 35.6 Å². The number of thiophene rings is 1. The van der Waals surface area contributed by atoms with Crippen LogP contribution in [0.5, 0.6) is 0 Å². The number of amides is 1. The van der Waals surface area contributed by atoms with Crippen LogP contribution < -0.4 is 10.9 Å². The van der Waals surface area contributed by atoms with Gasteiger partial charge in [-0.2, -0.15) is 0 Å². The van der Waals surface area contributed by atoms with Crippen LogP contribution in [-0.4, -0.2) is 21.2 Å². The van der Waals surface area contributed by atoms with E-state index in [0.717, 1.165) is 29.7 Å². The number of hydrogen-bond donors (Lipinski definition) is 1. The largest absolute Gasteiger partial charge is 0.326 e. The van der Waals surface area contributed by atoms with Crippen molar-refractivity contribution in [2.75, 3.05) is 5.32 Å². The number of carbonyl (C=O) groups is 2. The highest BCUT2D eigenvalue weighted by atomic mass is 32.1. The van der Waals surface area contributed by atoms with Gasteiger partial charge in [-0.3, -0.25) is 19.0 Å². The highest BCUT2D eigenvalue weighted by molar-refractivity contribution is 7.18. The molecule has 0 saturated heterocycles. The first-order valence-corrected chi connectivity index (χ1v) is 10.1. The normalized spacial score (nSPS) is 16.0. The van der Waals surface area contributed by atoms with Gasteiger partial charge in [-0.1, -0.05) is 6.92 Å². The maximum Gasteiger partial charge on any atom is 0.262 e. The summed E-state index contributed by atoms with van der Waals surface area (Å²) in [5, 5.41) is 3.35. The van der Waals surface area contributed by atoms with E-state index < -0.39 is 0 Å². The summed E-state index contributed by atoms with van der Waals surface area (Å²) in [6.07, 6.45) is 4.44. The predicted octanol–water partition coefficient (Wildman–Crippen LogP) is 3.42. The van der Waals surface area contributed by atoms with E-state index in [2.05, 4.69) is 17.2 Å². The van der Waals surface area contributed by atoms with Gasteiger partial charge < -0.3 is 5.32 Å². The van der Waals surface area contributed by atoms with Gasteiger partial charge in [-0.15, -0.1) is 11.3 Å². The zero-order chi connectivity index (χ0) is 19.8. The molecule has 0 spiro atoms. The molecule has 2 heterocycles. The maximum atomic E-state index is 13.0. The second-order valence-electron chi connectivity index (χ2n) is 7.39. The van der Waals surface area contributed by atoms with E-state index in [-0.39, 0.29) is 23.8 Å². The Bertz CT molecular complexity index is 1130. The molecule has 144 valence electrons. The smallest absolute Gasteiger partial charge is 0.262 e. The molecule has 0 fully saturated rings. The lowest BCUT2D eigenvalue weighted by molar-refractivity contribution is -0.114. The Balaban J connectivity index is 1.61. The quantitative estimate of drug-likeness (QED) is 0.687. The number of hydrogen-bond acceptors (Lipinski definition) is 5. The summed E-state index contributed by atoms with van der Waals surface area (Å²) in [6.45, 7) is 3.61. The zero-order valence-electron chi connectivity index (χ0n) is 15.8. The topological polar surface area (TPSA) is 81.1 Å². The highest BCUT2D eigenvalue weighted by Gasteiger charge is 2.23. The first kappa shape index (κ1) is 18.6. The molecule has 6 nitrogen and oxygen atoms in total. The van der Waals surface area contributed by atoms with Crippen molar-refractivity contribution in [3.8, 4) is 0 Å². The second-order valence-corrected chi connectivity index (χ2v) is 8.47. The number of nitrogens with one attached hydrogen (secondary N) is 1. The number of carbonyl (C=O) groups excluding carboxylic acids is 2. The number of nitrogens with zero attached hydrogens (tertiary/aromatic N) is 2. The van der Waals surface area contributed by atoms with E-state index in [1.165, 1.54) is 22.7 Å². The minimum atomic E-state index is -0.171. The third-order valence-corrected chi connectivity index (χ3v) is 6.29. The first-order valence-electron chi connectivity index (χ1n) is 9.33. The number of aryl methyl sites for hydroxylation is 1. The van der Waals surface area contributed by atoms with Gasteiger partial charge in [0.05, 0.1) is 18.3 Å². The molecule has 0 radical (unpaired) electrons. The molecule has 2 aromatic heterocycles. The van der Waals surface area contributed by atoms with E-state index in [1.807, 2.05) is 0 Å². The number of ketones is 1. The molecule has 1 atom stereocenters. The fourth-order valence-corrected chi connectivity index (χ4v) is 5.01. The summed E-state index contributed by atoms with van der Waals surface area (Å²) < 4.78 is 1.40. The van der Waals surface area contributed by atoms with Crippen LogP contribution in [0.15, 0.2) is 35.4 Å². The SMILES string of the molecule is CC(=O)Nc1ccc(C(=O)Cn2cnc3sc4c(c3c2=O)CCC(C)C4)cc1. The fraction of sp³-hybridized carbons (Fsp3) is 0.333. The van der Waals surface area contributed by atoms with Gasteiger partial charge in [-0.25, -0.2) is 4.98 Å². The van der Waals surface area contributed by atoms with Crippen LogP contribution in [0.3, 0.4) is 0 Å². The van der Waals surface area contributed by atoms with Gasteiger partial charge >= 0.3 is 0 Å². The van der Waals surface area contributed by atoms with Crippen molar-refractivity contribution in [1.82, 2.24) is 9.55 Å². The monoisotopic (exact) mass is 395 g/mol. The Morgan fingerprint density at radius 3 is 2.75 bits per heavy atom. The lowest BCUT2D eigenvalue weighted by Crippen LogP contribution is -2.25. The molecule has 1 N–H and O–H groups in total. The van der Waals surface area contributed by atoms with Crippen molar-refractivity contribution >= 4 is 38.9 Å². The van der Waals surface area contributed by atoms with Crippen molar-refractivity contribution in [2.45, 2.75) is 39.7 Å². The van der Waals surface area contributed by atoms with E-state index in [4.69, 9.17) is 0 Å². The summed E-state index contributed by atoms with van der Waals surface area (Å²) in [4.78, 5) is 43.2. The molecule has 1 aliphatic carbocycles. The molecule has 0 bridgehead atoms. The number of Topliss-reactive ketones (excluding diaryl/α,β-unsaturated/α-hetero) is 1. The first-order chi connectivity index (χ1) is 13.4. The zero-order valence-corrected chi connectivity index (χ0v) is 16.6. The van der Waals surface area contributed by atoms with Crippen LogP contribution >= 0.6 is 11.3 Å². The summed E-state index contributed by atoms with van der Waals surface area (Å²) >= 11 is 1.60.